The van der Waals surface area contributed by atoms with Crippen LogP contribution in [0.3, 0.4) is 0 Å². The first-order chi connectivity index (χ1) is 9.56. The average molecular weight is 272 g/mol. The van der Waals surface area contributed by atoms with Gasteiger partial charge in [0, 0.05) is 17.5 Å². The molecule has 2 aromatic carbocycles. The van der Waals surface area contributed by atoms with Gasteiger partial charge in [0.05, 0.1) is 12.1 Å². The number of carboxylic acids is 1. The second-order valence-electron chi connectivity index (χ2n) is 4.25. The molecule has 0 aliphatic heterocycles. The molecule has 0 aromatic heterocycles. The standard InChI is InChI=1S/C15H13FN2O2/c16-13-3-1-2-10(6-13)8-18-9-12-7-11(15(19)20)4-5-14(12)17/h1-7,9H,8,17H2,(H,19,20). The van der Waals surface area contributed by atoms with Gasteiger partial charge >= 0.3 is 5.97 Å². The average Bonchev–Trinajstić information content (AvgIpc) is 2.40. The minimum atomic E-state index is -1.02. The lowest BCUT2D eigenvalue weighted by Crippen LogP contribution is -2.00. The lowest BCUT2D eigenvalue weighted by atomic mass is 10.1. The minimum Gasteiger partial charge on any atom is -0.478 e. The Labute approximate surface area is 115 Å². The Balaban J connectivity index is 2.15. The van der Waals surface area contributed by atoms with E-state index in [0.717, 1.165) is 5.56 Å². The fraction of sp³-hybridized carbons (Fsp3) is 0.0667. The summed E-state index contributed by atoms with van der Waals surface area (Å²) in [4.78, 5) is 15.0. The summed E-state index contributed by atoms with van der Waals surface area (Å²) in [6, 6.07) is 10.5. The Hall–Kier alpha value is -2.69. The molecule has 102 valence electrons. The number of aliphatic imine (C=N–C) groups is 1. The van der Waals surface area contributed by atoms with E-state index in [1.54, 1.807) is 12.1 Å². The molecule has 2 aromatic rings. The van der Waals surface area contributed by atoms with E-state index in [9.17, 15) is 9.18 Å². The molecule has 0 bridgehead atoms. The molecule has 0 atom stereocenters. The van der Waals surface area contributed by atoms with Crippen molar-refractivity contribution < 1.29 is 14.3 Å². The molecule has 0 heterocycles. The molecule has 0 amide bonds. The predicted molar refractivity (Wildman–Crippen MR) is 75.5 cm³/mol. The van der Waals surface area contributed by atoms with Crippen molar-refractivity contribution in [1.82, 2.24) is 0 Å². The van der Waals surface area contributed by atoms with Gasteiger partial charge in [-0.05, 0) is 35.9 Å². The van der Waals surface area contributed by atoms with Crippen LogP contribution in [0.2, 0.25) is 0 Å². The molecular formula is C15H13FN2O2. The Morgan fingerprint density at radius 2 is 2.10 bits per heavy atom. The number of benzene rings is 2. The molecule has 0 radical (unpaired) electrons. The van der Waals surface area contributed by atoms with E-state index < -0.39 is 5.97 Å². The molecule has 0 saturated heterocycles. The highest BCUT2D eigenvalue weighted by Crippen LogP contribution is 2.13. The number of carboxylic acid groups (broad SMARTS) is 1. The van der Waals surface area contributed by atoms with E-state index in [4.69, 9.17) is 10.8 Å². The van der Waals surface area contributed by atoms with Crippen LogP contribution in [-0.2, 0) is 6.54 Å². The van der Waals surface area contributed by atoms with Crippen molar-refractivity contribution in [2.24, 2.45) is 4.99 Å². The number of nitrogens with two attached hydrogens (primary N) is 1. The lowest BCUT2D eigenvalue weighted by Gasteiger charge is -2.02. The van der Waals surface area contributed by atoms with Gasteiger partial charge in [0.25, 0.3) is 0 Å². The summed E-state index contributed by atoms with van der Waals surface area (Å²) in [6.45, 7) is 0.300. The maximum atomic E-state index is 13.0. The maximum Gasteiger partial charge on any atom is 0.335 e. The SMILES string of the molecule is Nc1ccc(C(=O)O)cc1C=NCc1cccc(F)c1. The van der Waals surface area contributed by atoms with Gasteiger partial charge in [0.15, 0.2) is 0 Å². The molecule has 4 nitrogen and oxygen atoms in total. The second kappa shape index (κ2) is 5.97. The predicted octanol–water partition coefficient (Wildman–Crippen LogP) is 2.73. The summed E-state index contributed by atoms with van der Waals surface area (Å²) >= 11 is 0. The van der Waals surface area contributed by atoms with Crippen LogP contribution in [0.4, 0.5) is 10.1 Å². The van der Waals surface area contributed by atoms with Crippen LogP contribution < -0.4 is 5.73 Å². The number of hydrogen-bond acceptors (Lipinski definition) is 3. The maximum absolute atomic E-state index is 13.0. The molecule has 2 rings (SSSR count). The Morgan fingerprint density at radius 1 is 1.30 bits per heavy atom. The van der Waals surface area contributed by atoms with Gasteiger partial charge in [-0.1, -0.05) is 12.1 Å². The van der Waals surface area contributed by atoms with E-state index in [-0.39, 0.29) is 11.4 Å². The van der Waals surface area contributed by atoms with Gasteiger partial charge in [-0.15, -0.1) is 0 Å². The summed E-state index contributed by atoms with van der Waals surface area (Å²) in [5.74, 6) is -1.34. The van der Waals surface area contributed by atoms with E-state index >= 15 is 0 Å². The fourth-order valence-electron chi connectivity index (χ4n) is 1.70. The van der Waals surface area contributed by atoms with E-state index in [0.29, 0.717) is 17.8 Å². The summed E-state index contributed by atoms with van der Waals surface area (Å²) < 4.78 is 13.0. The number of hydrogen-bond donors (Lipinski definition) is 2. The van der Waals surface area contributed by atoms with Crippen molar-refractivity contribution >= 4 is 17.9 Å². The minimum absolute atomic E-state index is 0.145. The van der Waals surface area contributed by atoms with Crippen molar-refractivity contribution in [3.05, 3.63) is 65.0 Å². The summed E-state index contributed by atoms with van der Waals surface area (Å²) in [5, 5.41) is 8.91. The molecule has 0 unspecified atom stereocenters. The third kappa shape index (κ3) is 3.41. The van der Waals surface area contributed by atoms with Crippen LogP contribution >= 0.6 is 0 Å². The van der Waals surface area contributed by atoms with Crippen LogP contribution in [0.15, 0.2) is 47.5 Å². The van der Waals surface area contributed by atoms with Crippen LogP contribution in [0.5, 0.6) is 0 Å². The van der Waals surface area contributed by atoms with Crippen molar-refractivity contribution in [2.75, 3.05) is 5.73 Å². The topological polar surface area (TPSA) is 75.7 Å². The van der Waals surface area contributed by atoms with Gasteiger partial charge < -0.3 is 10.8 Å². The molecule has 0 spiro atoms. The molecule has 3 N–H and O–H groups in total. The van der Waals surface area contributed by atoms with Gasteiger partial charge in [-0.3, -0.25) is 4.99 Å². The smallest absolute Gasteiger partial charge is 0.335 e. The number of aromatic carboxylic acids is 1. The fourth-order valence-corrected chi connectivity index (χ4v) is 1.70. The molecule has 0 saturated carbocycles. The first-order valence-electron chi connectivity index (χ1n) is 5.93. The molecule has 0 fully saturated rings. The van der Waals surface area contributed by atoms with E-state index in [1.807, 2.05) is 0 Å². The van der Waals surface area contributed by atoms with Crippen molar-refractivity contribution in [2.45, 2.75) is 6.54 Å². The quantitative estimate of drug-likeness (QED) is 0.663. The lowest BCUT2D eigenvalue weighted by molar-refractivity contribution is 0.0697. The molecule has 0 aliphatic carbocycles. The monoisotopic (exact) mass is 272 g/mol. The highest BCUT2D eigenvalue weighted by Gasteiger charge is 2.05. The third-order valence-corrected chi connectivity index (χ3v) is 2.73. The Morgan fingerprint density at radius 3 is 2.80 bits per heavy atom. The number of nitrogen functional groups attached to an aromatic ring is 1. The van der Waals surface area contributed by atoms with Gasteiger partial charge in [0.1, 0.15) is 5.82 Å². The summed E-state index contributed by atoms with van der Waals surface area (Å²) in [6.07, 6.45) is 1.49. The second-order valence-corrected chi connectivity index (χ2v) is 4.25. The Bertz CT molecular complexity index is 669. The van der Waals surface area contributed by atoms with E-state index in [1.165, 1.54) is 36.5 Å². The first-order valence-corrected chi connectivity index (χ1v) is 5.93. The zero-order valence-electron chi connectivity index (χ0n) is 10.6. The number of rotatable bonds is 4. The third-order valence-electron chi connectivity index (χ3n) is 2.73. The van der Waals surface area contributed by atoms with Gasteiger partial charge in [0.2, 0.25) is 0 Å². The number of carbonyl (C=O) groups is 1. The summed E-state index contributed by atoms with van der Waals surface area (Å²) in [5.41, 5.74) is 7.60. The number of anilines is 1. The van der Waals surface area contributed by atoms with Crippen LogP contribution in [0, 0.1) is 5.82 Å². The normalized spacial score (nSPS) is 10.8. The highest BCUT2D eigenvalue weighted by atomic mass is 19.1. The zero-order valence-corrected chi connectivity index (χ0v) is 10.6. The number of halogens is 1. The van der Waals surface area contributed by atoms with Crippen LogP contribution in [0.25, 0.3) is 0 Å². The molecule has 5 heteroatoms. The summed E-state index contributed by atoms with van der Waals surface area (Å²) in [7, 11) is 0. The number of nitrogens with zero attached hydrogens (tertiary/aromatic N) is 1. The van der Waals surface area contributed by atoms with Crippen molar-refractivity contribution in [1.29, 1.82) is 0 Å². The molecular weight excluding hydrogens is 259 g/mol. The van der Waals surface area contributed by atoms with Gasteiger partial charge in [-0.2, -0.15) is 0 Å². The van der Waals surface area contributed by atoms with Gasteiger partial charge in [-0.25, -0.2) is 9.18 Å². The van der Waals surface area contributed by atoms with Crippen LogP contribution in [0.1, 0.15) is 21.5 Å². The first kappa shape index (κ1) is 13.7. The largest absolute Gasteiger partial charge is 0.478 e. The zero-order chi connectivity index (χ0) is 14.5. The van der Waals surface area contributed by atoms with Crippen molar-refractivity contribution in [3.8, 4) is 0 Å². The molecule has 20 heavy (non-hydrogen) atoms. The van der Waals surface area contributed by atoms with E-state index in [2.05, 4.69) is 4.99 Å². The Kier molecular flexibility index (Phi) is 4.10. The molecule has 0 aliphatic rings. The van der Waals surface area contributed by atoms with Crippen molar-refractivity contribution in [3.63, 3.8) is 0 Å². The highest BCUT2D eigenvalue weighted by molar-refractivity contribution is 5.94. The van der Waals surface area contributed by atoms with Crippen LogP contribution in [-0.4, -0.2) is 17.3 Å².